The van der Waals surface area contributed by atoms with E-state index in [1.165, 1.54) is 12.1 Å². The minimum Gasteiger partial charge on any atom is -0.206 e. The predicted octanol–water partition coefficient (Wildman–Crippen LogP) is 3.39. The number of benzene rings is 1. The average molecular weight is 236 g/mol. The highest BCUT2D eigenvalue weighted by Crippen LogP contribution is 2.31. The fraction of sp³-hybridized carbons (Fsp3) is 0.400. The Morgan fingerprint density at radius 1 is 1.07 bits per heavy atom. The first-order valence-corrected chi connectivity index (χ1v) is 8.00. The number of hydrogen-bond donors (Lipinski definition) is 0. The summed E-state index contributed by atoms with van der Waals surface area (Å²) in [6.07, 6.45) is -4.61. The first-order valence-electron chi connectivity index (χ1n) is 4.50. The average Bonchev–Trinajstić information content (AvgIpc) is 1.99. The Bertz CT molecular complexity index is 363. The van der Waals surface area contributed by atoms with E-state index >= 15 is 0 Å². The topological polar surface area (TPSA) is 0 Å². The first kappa shape index (κ1) is 12.2. The van der Waals surface area contributed by atoms with Crippen molar-refractivity contribution in [2.24, 2.45) is 0 Å². The lowest BCUT2D eigenvalue weighted by molar-refractivity contribution is -0.139. The van der Waals surface area contributed by atoms with Gasteiger partial charge in [0.05, 0.1) is 13.6 Å². The minimum absolute atomic E-state index is 0.120. The van der Waals surface area contributed by atoms with Gasteiger partial charge in [0.2, 0.25) is 0 Å². The van der Waals surface area contributed by atoms with Crippen molar-refractivity contribution in [2.45, 2.75) is 25.8 Å². The van der Waals surface area contributed by atoms with Gasteiger partial charge in [-0.1, -0.05) is 31.8 Å². The summed E-state index contributed by atoms with van der Waals surface area (Å²) in [7, 11) is -2.18. The summed E-state index contributed by atoms with van der Waals surface area (Å²) in [6.45, 7) is 5.28. The van der Waals surface area contributed by atoms with Crippen LogP contribution in [0.4, 0.5) is 17.6 Å². The van der Waals surface area contributed by atoms with E-state index in [1.807, 2.05) is 0 Å². The van der Waals surface area contributed by atoms with Crippen LogP contribution in [0, 0.1) is 5.82 Å². The van der Waals surface area contributed by atoms with Crippen LogP contribution in [0.3, 0.4) is 0 Å². The molecule has 0 spiro atoms. The highest BCUT2D eigenvalue weighted by Gasteiger charge is 2.39. The van der Waals surface area contributed by atoms with Crippen LogP contribution in [0.15, 0.2) is 18.2 Å². The molecule has 1 rings (SSSR count). The van der Waals surface area contributed by atoms with E-state index in [0.29, 0.717) is 0 Å². The van der Waals surface area contributed by atoms with Crippen molar-refractivity contribution in [1.82, 2.24) is 0 Å². The molecule has 0 radical (unpaired) electrons. The molecule has 0 nitrogen and oxygen atoms in total. The molecule has 0 aliphatic carbocycles. The molecule has 15 heavy (non-hydrogen) atoms. The fourth-order valence-electron chi connectivity index (χ4n) is 1.44. The van der Waals surface area contributed by atoms with Gasteiger partial charge >= 0.3 is 6.18 Å². The van der Waals surface area contributed by atoms with E-state index < -0.39 is 25.6 Å². The standard InChI is InChI=1S/C10H12F4Si/c1-15(2,3)8-6-4-5-7(11)9(8)10(12,13)14/h4-6H,1-3H3. The predicted molar refractivity (Wildman–Crippen MR) is 54.4 cm³/mol. The van der Waals surface area contributed by atoms with E-state index in [-0.39, 0.29) is 5.19 Å². The minimum atomic E-state index is -4.61. The van der Waals surface area contributed by atoms with Gasteiger partial charge in [-0.15, -0.1) is 0 Å². The summed E-state index contributed by atoms with van der Waals surface area (Å²) in [5.41, 5.74) is -1.09. The third-order valence-corrected chi connectivity index (χ3v) is 4.14. The Hall–Kier alpha value is -0.843. The van der Waals surface area contributed by atoms with Crippen molar-refractivity contribution in [3.8, 4) is 0 Å². The zero-order valence-electron chi connectivity index (χ0n) is 8.74. The third kappa shape index (κ3) is 2.59. The Labute approximate surface area is 86.9 Å². The Kier molecular flexibility index (Phi) is 2.96. The highest BCUT2D eigenvalue weighted by atomic mass is 28.3. The van der Waals surface area contributed by atoms with E-state index in [2.05, 4.69) is 0 Å². The number of halogens is 4. The smallest absolute Gasteiger partial charge is 0.206 e. The maximum Gasteiger partial charge on any atom is 0.419 e. The molecule has 0 heterocycles. The maximum atomic E-state index is 13.2. The molecule has 0 atom stereocenters. The van der Waals surface area contributed by atoms with Crippen LogP contribution in [0.25, 0.3) is 0 Å². The van der Waals surface area contributed by atoms with Gasteiger partial charge in [0.15, 0.2) is 0 Å². The van der Waals surface area contributed by atoms with Crippen LogP contribution in [-0.4, -0.2) is 8.07 Å². The Morgan fingerprint density at radius 3 is 1.93 bits per heavy atom. The van der Waals surface area contributed by atoms with Crippen molar-refractivity contribution < 1.29 is 17.6 Å². The lowest BCUT2D eigenvalue weighted by Crippen LogP contribution is -2.42. The van der Waals surface area contributed by atoms with Gasteiger partial charge in [0.1, 0.15) is 5.82 Å². The van der Waals surface area contributed by atoms with Gasteiger partial charge in [-0.25, -0.2) is 4.39 Å². The van der Waals surface area contributed by atoms with Gasteiger partial charge in [0, 0.05) is 0 Å². The summed E-state index contributed by atoms with van der Waals surface area (Å²) in [6, 6.07) is 3.56. The van der Waals surface area contributed by atoms with Crippen molar-refractivity contribution in [3.05, 3.63) is 29.6 Å². The molecular formula is C10H12F4Si. The fourth-order valence-corrected chi connectivity index (χ4v) is 3.04. The van der Waals surface area contributed by atoms with E-state index in [9.17, 15) is 17.6 Å². The molecule has 0 aromatic heterocycles. The molecule has 0 amide bonds. The Balaban J connectivity index is 3.48. The second-order valence-corrected chi connectivity index (χ2v) is 9.45. The Morgan fingerprint density at radius 2 is 1.60 bits per heavy atom. The van der Waals surface area contributed by atoms with Crippen LogP contribution in [0.1, 0.15) is 5.56 Å². The first-order chi connectivity index (χ1) is 6.64. The van der Waals surface area contributed by atoms with Crippen molar-refractivity contribution in [2.75, 3.05) is 0 Å². The normalized spacial score (nSPS) is 13.0. The molecular weight excluding hydrogens is 224 g/mol. The van der Waals surface area contributed by atoms with Crippen LogP contribution >= 0.6 is 0 Å². The van der Waals surface area contributed by atoms with Gasteiger partial charge in [0.25, 0.3) is 0 Å². The molecule has 0 aliphatic heterocycles. The van der Waals surface area contributed by atoms with Gasteiger partial charge in [-0.3, -0.25) is 0 Å². The van der Waals surface area contributed by atoms with Gasteiger partial charge in [-0.05, 0) is 11.3 Å². The van der Waals surface area contributed by atoms with Crippen molar-refractivity contribution in [1.29, 1.82) is 0 Å². The monoisotopic (exact) mass is 236 g/mol. The number of hydrogen-bond acceptors (Lipinski definition) is 0. The molecule has 5 heteroatoms. The molecule has 0 fully saturated rings. The molecule has 0 unspecified atom stereocenters. The second kappa shape index (κ2) is 3.63. The maximum absolute atomic E-state index is 13.2. The molecule has 0 saturated heterocycles. The van der Waals surface area contributed by atoms with Crippen LogP contribution in [0.2, 0.25) is 19.6 Å². The lowest BCUT2D eigenvalue weighted by atomic mass is 10.2. The molecule has 0 saturated carbocycles. The van der Waals surface area contributed by atoms with Crippen LogP contribution in [0.5, 0.6) is 0 Å². The SMILES string of the molecule is C[Si](C)(C)c1cccc(F)c1C(F)(F)F. The molecule has 1 aromatic rings. The summed E-state index contributed by atoms with van der Waals surface area (Å²) in [5, 5.41) is 0.120. The second-order valence-electron chi connectivity index (χ2n) is 4.41. The zero-order chi connectivity index (χ0) is 11.9. The van der Waals surface area contributed by atoms with E-state index in [4.69, 9.17) is 0 Å². The summed E-state index contributed by atoms with van der Waals surface area (Å²) in [4.78, 5) is 0. The summed E-state index contributed by atoms with van der Waals surface area (Å²) in [5.74, 6) is -1.18. The molecule has 0 N–H and O–H groups in total. The summed E-state index contributed by atoms with van der Waals surface area (Å²) < 4.78 is 51.0. The molecule has 84 valence electrons. The van der Waals surface area contributed by atoms with E-state index in [0.717, 1.165) is 6.07 Å². The third-order valence-electron chi connectivity index (χ3n) is 2.11. The van der Waals surface area contributed by atoms with Crippen LogP contribution < -0.4 is 5.19 Å². The van der Waals surface area contributed by atoms with Gasteiger partial charge in [-0.2, -0.15) is 13.2 Å². The largest absolute Gasteiger partial charge is 0.419 e. The van der Waals surface area contributed by atoms with Crippen molar-refractivity contribution in [3.63, 3.8) is 0 Å². The van der Waals surface area contributed by atoms with Gasteiger partial charge < -0.3 is 0 Å². The molecule has 1 aromatic carbocycles. The highest BCUT2D eigenvalue weighted by molar-refractivity contribution is 6.89. The quantitative estimate of drug-likeness (QED) is 0.518. The summed E-state index contributed by atoms with van der Waals surface area (Å²) >= 11 is 0. The van der Waals surface area contributed by atoms with Crippen LogP contribution in [-0.2, 0) is 6.18 Å². The molecule has 0 aliphatic rings. The van der Waals surface area contributed by atoms with Crippen molar-refractivity contribution >= 4 is 13.3 Å². The number of rotatable bonds is 1. The lowest BCUT2D eigenvalue weighted by Gasteiger charge is -2.22. The number of alkyl halides is 3. The zero-order valence-corrected chi connectivity index (χ0v) is 9.74. The van der Waals surface area contributed by atoms with E-state index in [1.54, 1.807) is 19.6 Å². The molecule has 0 bridgehead atoms.